The van der Waals surface area contributed by atoms with E-state index in [2.05, 4.69) is 15.6 Å². The molecule has 2 rings (SSSR count). The molecule has 0 bridgehead atoms. The molecule has 1 heterocycles. The summed E-state index contributed by atoms with van der Waals surface area (Å²) in [6, 6.07) is -0.356. The van der Waals surface area contributed by atoms with Crippen molar-refractivity contribution < 1.29 is 19.5 Å². The Kier molecular flexibility index (Phi) is 4.33. The molecule has 1 fully saturated rings. The van der Waals surface area contributed by atoms with Crippen LogP contribution in [0.5, 0.6) is 0 Å². The lowest BCUT2D eigenvalue weighted by molar-refractivity contribution is -0.137. The zero-order chi connectivity index (χ0) is 14.7. The predicted octanol–water partition coefficient (Wildman–Crippen LogP) is 1.08. The molecule has 0 radical (unpaired) electrons. The topological polar surface area (TPSA) is 108 Å². The quantitative estimate of drug-likeness (QED) is 0.728. The van der Waals surface area contributed by atoms with E-state index in [-0.39, 0.29) is 30.0 Å². The number of anilines is 1. The van der Waals surface area contributed by atoms with Crippen molar-refractivity contribution in [2.45, 2.75) is 32.2 Å². The molecule has 20 heavy (non-hydrogen) atoms. The summed E-state index contributed by atoms with van der Waals surface area (Å²) in [7, 11) is 0. The highest BCUT2D eigenvalue weighted by Crippen LogP contribution is 2.34. The molecule has 1 unspecified atom stereocenters. The van der Waals surface area contributed by atoms with Gasteiger partial charge in [0.2, 0.25) is 5.91 Å². The molecule has 0 saturated heterocycles. The van der Waals surface area contributed by atoms with Crippen molar-refractivity contribution in [3.8, 4) is 0 Å². The van der Waals surface area contributed by atoms with Gasteiger partial charge in [0.25, 0.3) is 5.91 Å². The maximum Gasteiger partial charge on any atom is 0.305 e. The smallest absolute Gasteiger partial charge is 0.305 e. The van der Waals surface area contributed by atoms with Gasteiger partial charge >= 0.3 is 5.97 Å². The average molecular weight is 297 g/mol. The highest BCUT2D eigenvalue weighted by Gasteiger charge is 2.34. The predicted molar refractivity (Wildman–Crippen MR) is 72.6 cm³/mol. The first-order valence-corrected chi connectivity index (χ1v) is 7.09. The number of amides is 2. The fourth-order valence-corrected chi connectivity index (χ4v) is 2.59. The Morgan fingerprint density at radius 1 is 1.50 bits per heavy atom. The van der Waals surface area contributed by atoms with Crippen molar-refractivity contribution in [3.05, 3.63) is 11.1 Å². The summed E-state index contributed by atoms with van der Waals surface area (Å²) in [4.78, 5) is 37.6. The van der Waals surface area contributed by atoms with Crippen molar-refractivity contribution in [2.24, 2.45) is 5.92 Å². The van der Waals surface area contributed by atoms with Crippen LogP contribution < -0.4 is 10.6 Å². The summed E-state index contributed by atoms with van der Waals surface area (Å²) >= 11 is 1.15. The summed E-state index contributed by atoms with van der Waals surface area (Å²) in [5.41, 5.74) is 0.190. The first-order valence-electron chi connectivity index (χ1n) is 6.21. The van der Waals surface area contributed by atoms with E-state index in [9.17, 15) is 14.4 Å². The maximum atomic E-state index is 12.0. The fraction of sp³-hybridized carbons (Fsp3) is 0.500. The molecule has 8 heteroatoms. The Morgan fingerprint density at radius 3 is 2.75 bits per heavy atom. The van der Waals surface area contributed by atoms with Crippen molar-refractivity contribution >= 4 is 34.3 Å². The molecule has 7 nitrogen and oxygen atoms in total. The molecule has 1 aromatic heterocycles. The number of carbonyl (C=O) groups excluding carboxylic acids is 2. The number of hydrogen-bond donors (Lipinski definition) is 3. The van der Waals surface area contributed by atoms with Crippen LogP contribution in [0.15, 0.2) is 5.38 Å². The average Bonchev–Trinajstić information content (AvgIpc) is 3.08. The number of rotatable bonds is 6. The molecule has 0 aromatic carbocycles. The number of aliphatic carboxylic acids is 1. The highest BCUT2D eigenvalue weighted by molar-refractivity contribution is 7.14. The summed E-state index contributed by atoms with van der Waals surface area (Å²) in [5.74, 6) is -1.35. The Balaban J connectivity index is 1.97. The second-order valence-electron chi connectivity index (χ2n) is 4.73. The molecule has 1 aliphatic carbocycles. The van der Waals surface area contributed by atoms with Crippen molar-refractivity contribution in [1.29, 1.82) is 0 Å². The molecular formula is C12H15N3O4S. The number of nitrogens with zero attached hydrogens (tertiary/aromatic N) is 1. The normalized spacial score (nSPS) is 15.4. The van der Waals surface area contributed by atoms with E-state index >= 15 is 0 Å². The van der Waals surface area contributed by atoms with Gasteiger partial charge in [0, 0.05) is 18.3 Å². The third-order valence-corrected chi connectivity index (χ3v) is 3.68. The van der Waals surface area contributed by atoms with Crippen molar-refractivity contribution in [2.75, 3.05) is 5.32 Å². The van der Waals surface area contributed by atoms with Gasteiger partial charge < -0.3 is 15.7 Å². The maximum absolute atomic E-state index is 12.0. The van der Waals surface area contributed by atoms with Gasteiger partial charge in [-0.3, -0.25) is 14.4 Å². The van der Waals surface area contributed by atoms with Gasteiger partial charge in [0.05, 0.1) is 6.42 Å². The van der Waals surface area contributed by atoms with Crippen LogP contribution in [-0.2, 0) is 9.59 Å². The summed E-state index contributed by atoms with van der Waals surface area (Å²) < 4.78 is 0. The van der Waals surface area contributed by atoms with E-state index in [0.29, 0.717) is 5.13 Å². The van der Waals surface area contributed by atoms with Crippen molar-refractivity contribution in [1.82, 2.24) is 10.3 Å². The van der Waals surface area contributed by atoms with E-state index in [0.717, 1.165) is 24.2 Å². The molecule has 0 spiro atoms. The van der Waals surface area contributed by atoms with E-state index in [1.807, 2.05) is 0 Å². The lowest BCUT2D eigenvalue weighted by atomic mass is 10.1. The molecule has 1 aliphatic rings. The van der Waals surface area contributed by atoms with Crippen LogP contribution in [-0.4, -0.2) is 33.9 Å². The first kappa shape index (κ1) is 14.4. The number of carboxylic acid groups (broad SMARTS) is 1. The van der Waals surface area contributed by atoms with Crippen LogP contribution in [0.1, 0.15) is 36.7 Å². The lowest BCUT2D eigenvalue weighted by Crippen LogP contribution is -2.38. The molecule has 0 aliphatic heterocycles. The standard InChI is InChI=1S/C12H15N3O4S/c1-6(16)13-12-15-9(5-20-12)11(19)14-8(4-10(17)18)7-2-3-7/h5,7-8H,2-4H2,1H3,(H,14,19)(H,17,18)(H,13,15,16). The van der Waals surface area contributed by atoms with E-state index in [4.69, 9.17) is 5.11 Å². The molecule has 108 valence electrons. The monoisotopic (exact) mass is 297 g/mol. The number of thiazole rings is 1. The highest BCUT2D eigenvalue weighted by atomic mass is 32.1. The Morgan fingerprint density at radius 2 is 2.20 bits per heavy atom. The third-order valence-electron chi connectivity index (χ3n) is 2.92. The number of carbonyl (C=O) groups is 3. The lowest BCUT2D eigenvalue weighted by Gasteiger charge is -2.15. The van der Waals surface area contributed by atoms with Crippen LogP contribution in [0.25, 0.3) is 0 Å². The summed E-state index contributed by atoms with van der Waals surface area (Å²) in [5, 5.41) is 15.9. The molecule has 1 atom stereocenters. The summed E-state index contributed by atoms with van der Waals surface area (Å²) in [6.45, 7) is 1.36. The first-order chi connectivity index (χ1) is 9.45. The second-order valence-corrected chi connectivity index (χ2v) is 5.59. The zero-order valence-corrected chi connectivity index (χ0v) is 11.7. The van der Waals surface area contributed by atoms with Gasteiger partial charge in [-0.2, -0.15) is 0 Å². The number of hydrogen-bond acceptors (Lipinski definition) is 5. The largest absolute Gasteiger partial charge is 0.481 e. The molecule has 3 N–H and O–H groups in total. The minimum Gasteiger partial charge on any atom is -0.481 e. The van der Waals surface area contributed by atoms with E-state index in [1.54, 1.807) is 0 Å². The number of carboxylic acids is 1. The number of aromatic nitrogens is 1. The number of nitrogens with one attached hydrogen (secondary N) is 2. The van der Waals surface area contributed by atoms with Gasteiger partial charge in [0.15, 0.2) is 5.13 Å². The van der Waals surface area contributed by atoms with Gasteiger partial charge in [0.1, 0.15) is 5.69 Å². The van der Waals surface area contributed by atoms with Crippen molar-refractivity contribution in [3.63, 3.8) is 0 Å². The van der Waals surface area contributed by atoms with Crippen LogP contribution >= 0.6 is 11.3 Å². The SMILES string of the molecule is CC(=O)Nc1nc(C(=O)NC(CC(=O)O)C2CC2)cs1. The molecule has 1 saturated carbocycles. The second kappa shape index (κ2) is 6.00. The van der Waals surface area contributed by atoms with Gasteiger partial charge in [-0.1, -0.05) is 0 Å². The molecular weight excluding hydrogens is 282 g/mol. The fourth-order valence-electron chi connectivity index (χ4n) is 1.85. The molecule has 1 aromatic rings. The van der Waals surface area contributed by atoms with Crippen LogP contribution in [0, 0.1) is 5.92 Å². The van der Waals surface area contributed by atoms with Gasteiger partial charge in [-0.15, -0.1) is 11.3 Å². The van der Waals surface area contributed by atoms with Gasteiger partial charge in [-0.05, 0) is 18.8 Å². The minimum absolute atomic E-state index is 0.0842. The van der Waals surface area contributed by atoms with Crippen LogP contribution in [0.4, 0.5) is 5.13 Å². The van der Waals surface area contributed by atoms with Crippen LogP contribution in [0.2, 0.25) is 0 Å². The van der Waals surface area contributed by atoms with Gasteiger partial charge in [-0.25, -0.2) is 4.98 Å². The van der Waals surface area contributed by atoms with Crippen LogP contribution in [0.3, 0.4) is 0 Å². The Hall–Kier alpha value is -1.96. The third kappa shape index (κ3) is 4.02. The Labute approximate surface area is 119 Å². The minimum atomic E-state index is -0.931. The van der Waals surface area contributed by atoms with E-state index in [1.165, 1.54) is 12.3 Å². The summed E-state index contributed by atoms with van der Waals surface area (Å²) in [6.07, 6.45) is 1.79. The van der Waals surface area contributed by atoms with E-state index < -0.39 is 11.9 Å². The molecule has 2 amide bonds. The Bertz CT molecular complexity index is 539. The zero-order valence-electron chi connectivity index (χ0n) is 10.9.